The van der Waals surface area contributed by atoms with Gasteiger partial charge in [-0.05, 0) is 60.9 Å². The summed E-state index contributed by atoms with van der Waals surface area (Å²) < 4.78 is 31.8. The number of carbonyl (C=O) groups is 1. The summed E-state index contributed by atoms with van der Waals surface area (Å²) in [7, 11) is -2.17. The van der Waals surface area contributed by atoms with Crippen molar-refractivity contribution in [1.82, 2.24) is 9.73 Å². The monoisotopic (exact) mass is 451 g/mol. The molecule has 0 radical (unpaired) electrons. The quantitative estimate of drug-likeness (QED) is 0.518. The Morgan fingerprint density at radius 2 is 1.90 bits per heavy atom. The summed E-state index contributed by atoms with van der Waals surface area (Å²) in [4.78, 5) is 12.5. The van der Waals surface area contributed by atoms with E-state index in [9.17, 15) is 18.3 Å². The van der Waals surface area contributed by atoms with Gasteiger partial charge in [0.2, 0.25) is 15.9 Å². The number of phenolic OH excluding ortho intramolecular Hbond substituents is 1. The van der Waals surface area contributed by atoms with Crippen LogP contribution in [0.4, 0.5) is 0 Å². The molecule has 0 atom stereocenters. The first-order chi connectivity index (χ1) is 14.3. The van der Waals surface area contributed by atoms with Crippen LogP contribution < -0.4 is 10.2 Å². The van der Waals surface area contributed by atoms with Crippen molar-refractivity contribution < 1.29 is 23.1 Å². The Kier molecular flexibility index (Phi) is 6.96. The molecule has 30 heavy (non-hydrogen) atoms. The molecular weight excluding hydrogens is 430 g/mol. The summed E-state index contributed by atoms with van der Waals surface area (Å²) in [5, 5.41) is 14.0. The number of benzene rings is 2. The highest BCUT2D eigenvalue weighted by Crippen LogP contribution is 2.26. The molecule has 0 unspecified atom stereocenters. The molecule has 2 aromatic rings. The molecular formula is C20H22ClN3O5S. The number of hydrazone groups is 1. The average Bonchev–Trinajstić information content (AvgIpc) is 2.75. The molecule has 1 aliphatic rings. The van der Waals surface area contributed by atoms with Crippen LogP contribution in [0.25, 0.3) is 0 Å². The normalized spacial score (nSPS) is 15.9. The van der Waals surface area contributed by atoms with Gasteiger partial charge in [0.25, 0.3) is 0 Å². The van der Waals surface area contributed by atoms with Crippen LogP contribution in [0.15, 0.2) is 52.5 Å². The van der Waals surface area contributed by atoms with Gasteiger partial charge in [-0.15, -0.1) is 0 Å². The molecule has 2 aromatic carbocycles. The summed E-state index contributed by atoms with van der Waals surface area (Å²) >= 11 is 5.82. The van der Waals surface area contributed by atoms with E-state index < -0.39 is 10.0 Å². The van der Waals surface area contributed by atoms with Gasteiger partial charge in [-0.3, -0.25) is 4.79 Å². The highest BCUT2D eigenvalue weighted by Gasteiger charge is 2.32. The lowest BCUT2D eigenvalue weighted by molar-refractivity contribution is -0.126. The predicted molar refractivity (Wildman–Crippen MR) is 113 cm³/mol. The summed E-state index contributed by atoms with van der Waals surface area (Å²) in [5.74, 6) is -0.271. The van der Waals surface area contributed by atoms with E-state index in [1.807, 2.05) is 0 Å². The van der Waals surface area contributed by atoms with Crippen LogP contribution >= 0.6 is 11.6 Å². The molecule has 2 N–H and O–H groups in total. The maximum absolute atomic E-state index is 12.7. The topological polar surface area (TPSA) is 108 Å². The molecule has 1 fully saturated rings. The van der Waals surface area contributed by atoms with E-state index in [0.717, 1.165) is 0 Å². The zero-order valence-corrected chi connectivity index (χ0v) is 17.9. The molecule has 1 amide bonds. The number of methoxy groups -OCH3 is 1. The fourth-order valence-corrected chi connectivity index (χ4v) is 4.75. The van der Waals surface area contributed by atoms with Gasteiger partial charge in [0, 0.05) is 24.0 Å². The van der Waals surface area contributed by atoms with Crippen molar-refractivity contribution in [2.45, 2.75) is 17.7 Å². The third-order valence-corrected chi connectivity index (χ3v) is 7.03. The Balaban J connectivity index is 1.54. The largest absolute Gasteiger partial charge is 0.504 e. The van der Waals surface area contributed by atoms with E-state index in [1.165, 1.54) is 48.0 Å². The first-order valence-corrected chi connectivity index (χ1v) is 11.1. The fourth-order valence-electron chi connectivity index (χ4n) is 3.15. The van der Waals surface area contributed by atoms with Crippen molar-refractivity contribution in [1.29, 1.82) is 0 Å². The summed E-state index contributed by atoms with van der Waals surface area (Å²) in [5.41, 5.74) is 3.14. The van der Waals surface area contributed by atoms with E-state index in [4.69, 9.17) is 16.3 Å². The van der Waals surface area contributed by atoms with E-state index in [0.29, 0.717) is 29.2 Å². The van der Waals surface area contributed by atoms with E-state index >= 15 is 0 Å². The number of sulfonamides is 1. The summed E-state index contributed by atoms with van der Waals surface area (Å²) in [6.45, 7) is 0.504. The second-order valence-electron chi connectivity index (χ2n) is 6.80. The Hall–Kier alpha value is -2.62. The number of ether oxygens (including phenoxy) is 1. The van der Waals surface area contributed by atoms with Crippen LogP contribution in [0, 0.1) is 5.92 Å². The highest BCUT2D eigenvalue weighted by atomic mass is 35.5. The van der Waals surface area contributed by atoms with Gasteiger partial charge in [-0.2, -0.15) is 9.41 Å². The smallest absolute Gasteiger partial charge is 0.243 e. The second kappa shape index (κ2) is 9.46. The van der Waals surface area contributed by atoms with Crippen LogP contribution in [0.2, 0.25) is 5.02 Å². The lowest BCUT2D eigenvalue weighted by Crippen LogP contribution is -2.42. The molecule has 160 valence electrons. The Morgan fingerprint density at radius 3 is 2.53 bits per heavy atom. The third kappa shape index (κ3) is 5.10. The first-order valence-electron chi connectivity index (χ1n) is 9.27. The highest BCUT2D eigenvalue weighted by molar-refractivity contribution is 7.89. The average molecular weight is 452 g/mol. The summed E-state index contributed by atoms with van der Waals surface area (Å²) in [6.07, 6.45) is 2.25. The van der Waals surface area contributed by atoms with Crippen LogP contribution in [0.5, 0.6) is 11.5 Å². The van der Waals surface area contributed by atoms with Gasteiger partial charge in [0.1, 0.15) is 0 Å². The first kappa shape index (κ1) is 22.1. The fraction of sp³-hybridized carbons (Fsp3) is 0.300. The summed E-state index contributed by atoms with van der Waals surface area (Å²) in [6, 6.07) is 10.7. The minimum absolute atomic E-state index is 0.0130. The van der Waals surface area contributed by atoms with E-state index in [1.54, 1.807) is 12.1 Å². The van der Waals surface area contributed by atoms with Gasteiger partial charge in [-0.1, -0.05) is 11.6 Å². The molecule has 0 spiro atoms. The molecule has 10 heteroatoms. The van der Waals surface area contributed by atoms with Crippen LogP contribution in [0.3, 0.4) is 0 Å². The molecule has 0 saturated carbocycles. The van der Waals surface area contributed by atoms with Gasteiger partial charge < -0.3 is 9.84 Å². The number of halogens is 1. The Bertz CT molecular complexity index is 1030. The van der Waals surface area contributed by atoms with Crippen molar-refractivity contribution in [3.8, 4) is 11.5 Å². The predicted octanol–water partition coefficient (Wildman–Crippen LogP) is 2.61. The maximum Gasteiger partial charge on any atom is 0.243 e. The van der Waals surface area contributed by atoms with Gasteiger partial charge in [-0.25, -0.2) is 13.8 Å². The lowest BCUT2D eigenvalue weighted by atomic mass is 9.98. The molecule has 3 rings (SSSR count). The minimum Gasteiger partial charge on any atom is -0.504 e. The number of rotatable bonds is 6. The Labute approximate surface area is 180 Å². The molecule has 0 aromatic heterocycles. The molecule has 1 saturated heterocycles. The van der Waals surface area contributed by atoms with Gasteiger partial charge in [0.05, 0.1) is 18.2 Å². The Morgan fingerprint density at radius 1 is 1.23 bits per heavy atom. The van der Waals surface area contributed by atoms with Crippen molar-refractivity contribution in [3.05, 3.63) is 53.1 Å². The van der Waals surface area contributed by atoms with Crippen LogP contribution in [-0.2, 0) is 14.8 Å². The number of nitrogens with one attached hydrogen (secondary N) is 1. The van der Waals surface area contributed by atoms with Gasteiger partial charge >= 0.3 is 0 Å². The van der Waals surface area contributed by atoms with Crippen molar-refractivity contribution in [2.24, 2.45) is 11.0 Å². The van der Waals surface area contributed by atoms with E-state index in [-0.39, 0.29) is 35.6 Å². The number of carbonyl (C=O) groups excluding carboxylic acids is 1. The lowest BCUT2D eigenvalue weighted by Gasteiger charge is -2.30. The van der Waals surface area contributed by atoms with Gasteiger partial charge in [0.15, 0.2) is 11.5 Å². The van der Waals surface area contributed by atoms with Crippen LogP contribution in [0.1, 0.15) is 18.4 Å². The molecule has 1 heterocycles. The molecule has 0 aliphatic carbocycles. The minimum atomic E-state index is -3.61. The number of piperidine rings is 1. The molecule has 0 bridgehead atoms. The number of hydrogen-bond donors (Lipinski definition) is 2. The van der Waals surface area contributed by atoms with E-state index in [2.05, 4.69) is 10.5 Å². The van der Waals surface area contributed by atoms with Crippen molar-refractivity contribution in [2.75, 3.05) is 20.2 Å². The second-order valence-corrected chi connectivity index (χ2v) is 9.17. The standard InChI is InChI=1S/C20H22ClN3O5S/c1-29-19-12-14(2-7-18(19)25)13-22-23-20(26)15-8-10-24(11-9-15)30(27,28)17-5-3-16(21)4-6-17/h2-7,12-13,15,25H,8-11H2,1H3,(H,23,26)/b22-13-. The number of amides is 1. The number of phenols is 1. The SMILES string of the molecule is COc1cc(/C=N\NC(=O)C2CCN(S(=O)(=O)c3ccc(Cl)cc3)CC2)ccc1O. The third-order valence-electron chi connectivity index (χ3n) is 4.87. The zero-order chi connectivity index (χ0) is 21.7. The number of hydrogen-bond acceptors (Lipinski definition) is 6. The maximum atomic E-state index is 12.7. The molecule has 8 nitrogen and oxygen atoms in total. The zero-order valence-electron chi connectivity index (χ0n) is 16.3. The molecule has 1 aliphatic heterocycles. The van der Waals surface area contributed by atoms with Crippen LogP contribution in [-0.4, -0.2) is 50.2 Å². The van der Waals surface area contributed by atoms with Crippen molar-refractivity contribution >= 4 is 33.7 Å². The number of nitrogens with zero attached hydrogens (tertiary/aromatic N) is 2. The number of aromatic hydroxyl groups is 1. The van der Waals surface area contributed by atoms with Crippen molar-refractivity contribution in [3.63, 3.8) is 0 Å².